The van der Waals surface area contributed by atoms with E-state index in [4.69, 9.17) is 25.8 Å². The molecule has 27 heavy (non-hydrogen) atoms. The van der Waals surface area contributed by atoms with Gasteiger partial charge in [-0.3, -0.25) is 4.79 Å². The number of carbonyl (C=O) groups is 1. The van der Waals surface area contributed by atoms with Crippen LogP contribution in [0.4, 0.5) is 4.39 Å². The third-order valence-corrected chi connectivity index (χ3v) is 4.98. The molecule has 5 nitrogen and oxygen atoms in total. The Bertz CT molecular complexity index is 804. The summed E-state index contributed by atoms with van der Waals surface area (Å²) in [5, 5.41) is 3.17. The van der Waals surface area contributed by atoms with Crippen LogP contribution in [0.2, 0.25) is 5.02 Å². The van der Waals surface area contributed by atoms with Crippen molar-refractivity contribution in [1.82, 2.24) is 5.32 Å². The van der Waals surface area contributed by atoms with Crippen molar-refractivity contribution in [1.29, 1.82) is 0 Å². The molecule has 0 aliphatic carbocycles. The lowest BCUT2D eigenvalue weighted by molar-refractivity contribution is -0.118. The number of thioether (sulfide) groups is 1. The molecule has 0 unspecified atom stereocenters. The number of rotatable bonds is 9. The fraction of sp³-hybridized carbons (Fsp3) is 0.316. The number of nitrogens with one attached hydrogen (secondary N) is 1. The minimum atomic E-state index is -0.370. The van der Waals surface area contributed by atoms with Crippen molar-refractivity contribution in [2.24, 2.45) is 0 Å². The molecule has 1 amide bonds. The van der Waals surface area contributed by atoms with Crippen LogP contribution in [0.5, 0.6) is 17.2 Å². The Labute approximate surface area is 167 Å². The van der Waals surface area contributed by atoms with Crippen molar-refractivity contribution in [3.8, 4) is 17.2 Å². The van der Waals surface area contributed by atoms with E-state index in [2.05, 4.69) is 5.32 Å². The highest BCUT2D eigenvalue weighted by Crippen LogP contribution is 2.39. The minimum Gasteiger partial charge on any atom is -0.493 e. The van der Waals surface area contributed by atoms with Crippen LogP contribution in [0.1, 0.15) is 11.1 Å². The Hall–Kier alpha value is -2.12. The van der Waals surface area contributed by atoms with Crippen molar-refractivity contribution in [3.05, 3.63) is 52.3 Å². The Morgan fingerprint density at radius 2 is 1.78 bits per heavy atom. The third kappa shape index (κ3) is 5.68. The van der Waals surface area contributed by atoms with Crippen LogP contribution >= 0.6 is 23.4 Å². The summed E-state index contributed by atoms with van der Waals surface area (Å²) in [5.74, 6) is 1.59. The highest BCUT2D eigenvalue weighted by Gasteiger charge is 2.16. The first kappa shape index (κ1) is 21.2. The van der Waals surface area contributed by atoms with Crippen molar-refractivity contribution >= 4 is 29.3 Å². The van der Waals surface area contributed by atoms with Crippen LogP contribution in [0.3, 0.4) is 0 Å². The van der Waals surface area contributed by atoms with Crippen LogP contribution in [0.15, 0.2) is 30.3 Å². The first-order valence-corrected chi connectivity index (χ1v) is 9.59. The number of ether oxygens (including phenoxy) is 3. The molecule has 0 heterocycles. The topological polar surface area (TPSA) is 56.8 Å². The molecule has 8 heteroatoms. The van der Waals surface area contributed by atoms with E-state index in [1.807, 2.05) is 0 Å². The normalized spacial score (nSPS) is 10.4. The van der Waals surface area contributed by atoms with Crippen molar-refractivity contribution < 1.29 is 23.4 Å². The Balaban J connectivity index is 1.90. The van der Waals surface area contributed by atoms with Crippen molar-refractivity contribution in [2.75, 3.05) is 27.1 Å². The van der Waals surface area contributed by atoms with Gasteiger partial charge >= 0.3 is 0 Å². The molecule has 2 aromatic carbocycles. The van der Waals surface area contributed by atoms with E-state index in [1.54, 1.807) is 31.4 Å². The molecule has 2 rings (SSSR count). The van der Waals surface area contributed by atoms with E-state index in [-0.39, 0.29) is 24.0 Å². The van der Waals surface area contributed by atoms with Gasteiger partial charge in [0.05, 0.1) is 27.1 Å². The summed E-state index contributed by atoms with van der Waals surface area (Å²) < 4.78 is 29.7. The fourth-order valence-electron chi connectivity index (χ4n) is 2.44. The van der Waals surface area contributed by atoms with Gasteiger partial charge in [-0.25, -0.2) is 4.39 Å². The third-order valence-electron chi connectivity index (χ3n) is 3.77. The van der Waals surface area contributed by atoms with Gasteiger partial charge < -0.3 is 19.5 Å². The zero-order chi connectivity index (χ0) is 19.8. The van der Waals surface area contributed by atoms with Gasteiger partial charge in [0.25, 0.3) is 0 Å². The standard InChI is InChI=1S/C19H21ClFNO4S/c1-24-16-7-5-12(18(25-2)19(16)26-3)9-22-17(23)11-27-10-13-4-6-14(20)8-15(13)21/h4-8H,9-11H2,1-3H3,(H,22,23). The van der Waals surface area contributed by atoms with Crippen LogP contribution in [-0.4, -0.2) is 33.0 Å². The predicted molar refractivity (Wildman–Crippen MR) is 106 cm³/mol. The quantitative estimate of drug-likeness (QED) is 0.672. The molecule has 0 aliphatic heterocycles. The molecule has 0 bridgehead atoms. The number of methoxy groups -OCH3 is 3. The summed E-state index contributed by atoms with van der Waals surface area (Å²) in [6.07, 6.45) is 0. The highest BCUT2D eigenvalue weighted by molar-refractivity contribution is 7.99. The monoisotopic (exact) mass is 413 g/mol. The van der Waals surface area contributed by atoms with Gasteiger partial charge in [-0.05, 0) is 29.8 Å². The zero-order valence-corrected chi connectivity index (χ0v) is 16.9. The van der Waals surface area contributed by atoms with Crippen molar-refractivity contribution in [3.63, 3.8) is 0 Å². The molecule has 0 saturated carbocycles. The molecular weight excluding hydrogens is 393 g/mol. The average molecular weight is 414 g/mol. The molecule has 0 radical (unpaired) electrons. The summed E-state index contributed by atoms with van der Waals surface area (Å²) in [5.41, 5.74) is 1.27. The second-order valence-corrected chi connectivity index (χ2v) is 6.92. The predicted octanol–water partition coefficient (Wildman–Crippen LogP) is 4.05. The number of halogens is 2. The molecule has 1 N–H and O–H groups in total. The second-order valence-electron chi connectivity index (χ2n) is 5.50. The SMILES string of the molecule is COc1ccc(CNC(=O)CSCc2ccc(Cl)cc2F)c(OC)c1OC. The molecular formula is C19H21ClFNO4S. The van der Waals surface area contributed by atoms with E-state index < -0.39 is 0 Å². The first-order valence-electron chi connectivity index (χ1n) is 8.06. The highest BCUT2D eigenvalue weighted by atomic mass is 35.5. The van der Waals surface area contributed by atoms with Crippen molar-refractivity contribution in [2.45, 2.75) is 12.3 Å². The van der Waals surface area contributed by atoms with Crippen LogP contribution in [0, 0.1) is 5.82 Å². The van der Waals surface area contributed by atoms with E-state index in [0.29, 0.717) is 33.6 Å². The summed E-state index contributed by atoms with van der Waals surface area (Å²) in [6.45, 7) is 0.276. The minimum absolute atomic E-state index is 0.161. The van der Waals surface area contributed by atoms with E-state index in [0.717, 1.165) is 5.56 Å². The van der Waals surface area contributed by atoms with Gasteiger partial charge in [0, 0.05) is 22.9 Å². The first-order chi connectivity index (χ1) is 13.0. The van der Waals surface area contributed by atoms with Gasteiger partial charge in [-0.15, -0.1) is 11.8 Å². The lowest BCUT2D eigenvalue weighted by Gasteiger charge is -2.16. The maximum Gasteiger partial charge on any atom is 0.230 e. The van der Waals surface area contributed by atoms with E-state index in [9.17, 15) is 9.18 Å². The summed E-state index contributed by atoms with van der Waals surface area (Å²) >= 11 is 7.05. The largest absolute Gasteiger partial charge is 0.493 e. The fourth-order valence-corrected chi connectivity index (χ4v) is 3.44. The maximum absolute atomic E-state index is 13.7. The number of carbonyl (C=O) groups excluding carboxylic acids is 1. The average Bonchev–Trinajstić information content (AvgIpc) is 2.67. The lowest BCUT2D eigenvalue weighted by atomic mass is 10.1. The van der Waals surface area contributed by atoms with Gasteiger partial charge in [0.1, 0.15) is 5.82 Å². The maximum atomic E-state index is 13.7. The molecule has 0 atom stereocenters. The molecule has 2 aromatic rings. The molecule has 0 saturated heterocycles. The van der Waals surface area contributed by atoms with Crippen LogP contribution < -0.4 is 19.5 Å². The summed E-state index contributed by atoms with van der Waals surface area (Å²) in [7, 11) is 4.59. The molecule has 0 aromatic heterocycles. The Morgan fingerprint density at radius 3 is 2.41 bits per heavy atom. The second kappa shape index (κ2) is 10.3. The van der Waals surface area contributed by atoms with Gasteiger partial charge in [0.15, 0.2) is 11.5 Å². The summed E-state index contributed by atoms with van der Waals surface area (Å²) in [4.78, 5) is 12.1. The Kier molecular flexibility index (Phi) is 8.06. The van der Waals surface area contributed by atoms with Gasteiger partial charge in [-0.1, -0.05) is 17.7 Å². The summed E-state index contributed by atoms with van der Waals surface area (Å²) in [6, 6.07) is 8.07. The lowest BCUT2D eigenvalue weighted by Crippen LogP contribution is -2.25. The van der Waals surface area contributed by atoms with E-state index >= 15 is 0 Å². The van der Waals surface area contributed by atoms with E-state index in [1.165, 1.54) is 32.0 Å². The number of amides is 1. The number of hydrogen-bond donors (Lipinski definition) is 1. The van der Waals surface area contributed by atoms with Crippen LogP contribution in [-0.2, 0) is 17.1 Å². The molecule has 146 valence electrons. The van der Waals surface area contributed by atoms with Gasteiger partial charge in [0.2, 0.25) is 11.7 Å². The smallest absolute Gasteiger partial charge is 0.230 e. The molecule has 0 spiro atoms. The number of hydrogen-bond acceptors (Lipinski definition) is 5. The Morgan fingerprint density at radius 1 is 1.07 bits per heavy atom. The van der Waals surface area contributed by atoms with Gasteiger partial charge in [-0.2, -0.15) is 0 Å². The number of benzene rings is 2. The molecule has 0 fully saturated rings. The zero-order valence-electron chi connectivity index (χ0n) is 15.3. The van der Waals surface area contributed by atoms with Crippen LogP contribution in [0.25, 0.3) is 0 Å². The molecule has 0 aliphatic rings.